The van der Waals surface area contributed by atoms with Crippen LogP contribution in [0, 0.1) is 5.92 Å². The predicted molar refractivity (Wildman–Crippen MR) is 65.7 cm³/mol. The Morgan fingerprint density at radius 2 is 2.06 bits per heavy atom. The molecule has 0 bridgehead atoms. The molecule has 1 fully saturated rings. The van der Waals surface area contributed by atoms with E-state index in [1.807, 2.05) is 0 Å². The largest absolute Gasteiger partial charge is 0.330 e. The van der Waals surface area contributed by atoms with Crippen LogP contribution in [-0.2, 0) is 10.0 Å². The summed E-state index contributed by atoms with van der Waals surface area (Å²) in [5, 5.41) is 3.31. The van der Waals surface area contributed by atoms with Crippen molar-refractivity contribution in [1.29, 1.82) is 0 Å². The molecule has 0 radical (unpaired) electrons. The molecule has 1 aliphatic rings. The maximum absolute atomic E-state index is 11.5. The van der Waals surface area contributed by atoms with Gasteiger partial charge in [-0.3, -0.25) is 0 Å². The van der Waals surface area contributed by atoms with Gasteiger partial charge in [0.2, 0.25) is 10.0 Å². The Balaban J connectivity index is 2.30. The van der Waals surface area contributed by atoms with E-state index in [0.717, 1.165) is 12.8 Å². The van der Waals surface area contributed by atoms with Crippen molar-refractivity contribution in [3.63, 3.8) is 0 Å². The molecule has 0 aromatic rings. The first kappa shape index (κ1) is 13.9. The highest BCUT2D eigenvalue weighted by Gasteiger charge is 2.25. The summed E-state index contributed by atoms with van der Waals surface area (Å²) in [6, 6.07) is 0.405. The maximum Gasteiger partial charge on any atom is 0.214 e. The highest BCUT2D eigenvalue weighted by atomic mass is 32.2. The van der Waals surface area contributed by atoms with Gasteiger partial charge in [-0.1, -0.05) is 6.42 Å². The van der Waals surface area contributed by atoms with E-state index in [-0.39, 0.29) is 5.75 Å². The highest BCUT2D eigenvalue weighted by Crippen LogP contribution is 2.24. The molecule has 1 rings (SSSR count). The van der Waals surface area contributed by atoms with Crippen molar-refractivity contribution in [2.75, 3.05) is 32.9 Å². The molecule has 2 atom stereocenters. The summed E-state index contributed by atoms with van der Waals surface area (Å²) in [6.07, 6.45) is 3.47. The van der Waals surface area contributed by atoms with Crippen LogP contribution in [0.25, 0.3) is 0 Å². The molecule has 0 heterocycles. The number of nitrogens with zero attached hydrogens (tertiary/aromatic N) is 1. The monoisotopic (exact) mass is 249 g/mol. The molecule has 0 aromatic carbocycles. The minimum atomic E-state index is -3.07. The topological polar surface area (TPSA) is 75.4 Å². The third-order valence-corrected chi connectivity index (χ3v) is 5.12. The van der Waals surface area contributed by atoms with Gasteiger partial charge in [0, 0.05) is 26.7 Å². The van der Waals surface area contributed by atoms with Gasteiger partial charge in [-0.05, 0) is 25.3 Å². The second-order valence-corrected chi connectivity index (χ2v) is 6.89. The van der Waals surface area contributed by atoms with Crippen LogP contribution in [0.2, 0.25) is 0 Å². The molecule has 0 aromatic heterocycles. The number of sulfonamides is 1. The summed E-state index contributed by atoms with van der Waals surface area (Å²) in [4.78, 5) is 0. The SMILES string of the molecule is CN(C)S(=O)(=O)CCNC1CCCC1CN. The predicted octanol–water partition coefficient (Wildman–Crippen LogP) is -0.405. The van der Waals surface area contributed by atoms with Crippen LogP contribution in [0.15, 0.2) is 0 Å². The molecule has 0 amide bonds. The van der Waals surface area contributed by atoms with Gasteiger partial charge in [-0.25, -0.2) is 12.7 Å². The van der Waals surface area contributed by atoms with Gasteiger partial charge in [0.1, 0.15) is 0 Å². The van der Waals surface area contributed by atoms with Crippen molar-refractivity contribution in [1.82, 2.24) is 9.62 Å². The van der Waals surface area contributed by atoms with Crippen LogP contribution in [0.4, 0.5) is 0 Å². The second kappa shape index (κ2) is 5.95. The molecule has 0 aliphatic heterocycles. The lowest BCUT2D eigenvalue weighted by atomic mass is 10.0. The molecule has 0 saturated heterocycles. The highest BCUT2D eigenvalue weighted by molar-refractivity contribution is 7.89. The zero-order valence-electron chi connectivity index (χ0n) is 10.1. The van der Waals surface area contributed by atoms with Gasteiger partial charge in [0.15, 0.2) is 0 Å². The van der Waals surface area contributed by atoms with Crippen LogP contribution in [0.5, 0.6) is 0 Å². The third kappa shape index (κ3) is 3.69. The van der Waals surface area contributed by atoms with Gasteiger partial charge < -0.3 is 11.1 Å². The van der Waals surface area contributed by atoms with Crippen molar-refractivity contribution in [3.8, 4) is 0 Å². The lowest BCUT2D eigenvalue weighted by Crippen LogP contribution is -2.40. The van der Waals surface area contributed by atoms with E-state index in [0.29, 0.717) is 25.0 Å². The summed E-state index contributed by atoms with van der Waals surface area (Å²) in [5.41, 5.74) is 5.66. The van der Waals surface area contributed by atoms with Crippen molar-refractivity contribution >= 4 is 10.0 Å². The van der Waals surface area contributed by atoms with Crippen LogP contribution < -0.4 is 11.1 Å². The van der Waals surface area contributed by atoms with E-state index < -0.39 is 10.0 Å². The van der Waals surface area contributed by atoms with E-state index in [1.165, 1.54) is 10.7 Å². The average molecular weight is 249 g/mol. The molecule has 3 N–H and O–H groups in total. The Morgan fingerprint density at radius 1 is 1.38 bits per heavy atom. The summed E-state index contributed by atoms with van der Waals surface area (Å²) in [6.45, 7) is 1.21. The number of hydrogen-bond donors (Lipinski definition) is 2. The van der Waals surface area contributed by atoms with Crippen molar-refractivity contribution in [2.45, 2.75) is 25.3 Å². The Morgan fingerprint density at radius 3 is 2.62 bits per heavy atom. The lowest BCUT2D eigenvalue weighted by molar-refractivity contribution is 0.414. The number of nitrogens with two attached hydrogens (primary N) is 1. The minimum absolute atomic E-state index is 0.161. The quantitative estimate of drug-likeness (QED) is 0.671. The molecular formula is C10H23N3O2S. The summed E-state index contributed by atoms with van der Waals surface area (Å²) in [5.74, 6) is 0.676. The third-order valence-electron chi connectivity index (χ3n) is 3.28. The Labute approximate surface area is 98.4 Å². The number of rotatable bonds is 6. The van der Waals surface area contributed by atoms with Gasteiger partial charge >= 0.3 is 0 Å². The van der Waals surface area contributed by atoms with Gasteiger partial charge in [0.25, 0.3) is 0 Å². The Hall–Kier alpha value is -0.170. The molecule has 0 spiro atoms. The van der Waals surface area contributed by atoms with E-state index in [2.05, 4.69) is 5.32 Å². The summed E-state index contributed by atoms with van der Waals surface area (Å²) in [7, 11) is 0.0517. The van der Waals surface area contributed by atoms with Crippen LogP contribution in [0.1, 0.15) is 19.3 Å². The molecule has 96 valence electrons. The molecule has 1 saturated carbocycles. The zero-order chi connectivity index (χ0) is 12.2. The molecule has 16 heavy (non-hydrogen) atoms. The fourth-order valence-electron chi connectivity index (χ4n) is 2.14. The molecular weight excluding hydrogens is 226 g/mol. The fourth-order valence-corrected chi connectivity index (χ4v) is 2.88. The van der Waals surface area contributed by atoms with Crippen LogP contribution in [0.3, 0.4) is 0 Å². The molecule has 2 unspecified atom stereocenters. The molecule has 5 nitrogen and oxygen atoms in total. The number of nitrogens with one attached hydrogen (secondary N) is 1. The zero-order valence-corrected chi connectivity index (χ0v) is 11.0. The van der Waals surface area contributed by atoms with Crippen LogP contribution in [-0.4, -0.2) is 51.7 Å². The normalized spacial score (nSPS) is 26.5. The summed E-state index contributed by atoms with van der Waals surface area (Å²) < 4.78 is 24.3. The first-order chi connectivity index (χ1) is 7.47. The fraction of sp³-hybridized carbons (Fsp3) is 1.00. The summed E-state index contributed by atoms with van der Waals surface area (Å²) >= 11 is 0. The van der Waals surface area contributed by atoms with Gasteiger partial charge in [-0.2, -0.15) is 0 Å². The van der Waals surface area contributed by atoms with Crippen LogP contribution >= 0.6 is 0 Å². The van der Waals surface area contributed by atoms with E-state index in [1.54, 1.807) is 14.1 Å². The number of hydrogen-bond acceptors (Lipinski definition) is 4. The van der Waals surface area contributed by atoms with Crippen molar-refractivity contribution in [3.05, 3.63) is 0 Å². The van der Waals surface area contributed by atoms with Crippen molar-refractivity contribution in [2.24, 2.45) is 11.7 Å². The van der Waals surface area contributed by atoms with Crippen molar-refractivity contribution < 1.29 is 8.42 Å². The lowest BCUT2D eigenvalue weighted by Gasteiger charge is -2.20. The average Bonchev–Trinajstić information content (AvgIpc) is 2.64. The Bertz CT molecular complexity index is 303. The first-order valence-corrected chi connectivity index (χ1v) is 7.42. The minimum Gasteiger partial charge on any atom is -0.330 e. The Kier molecular flexibility index (Phi) is 5.17. The van der Waals surface area contributed by atoms with Gasteiger partial charge in [0.05, 0.1) is 5.75 Å². The standard InChI is InChI=1S/C10H23N3O2S/c1-13(2)16(14,15)7-6-12-10-5-3-4-9(10)8-11/h9-10,12H,3-8,11H2,1-2H3. The smallest absolute Gasteiger partial charge is 0.214 e. The van der Waals surface area contributed by atoms with E-state index >= 15 is 0 Å². The molecule has 6 heteroatoms. The van der Waals surface area contributed by atoms with E-state index in [4.69, 9.17) is 5.73 Å². The van der Waals surface area contributed by atoms with E-state index in [9.17, 15) is 8.42 Å². The second-order valence-electron chi connectivity index (χ2n) is 4.59. The maximum atomic E-state index is 11.5. The first-order valence-electron chi connectivity index (χ1n) is 5.81. The van der Waals surface area contributed by atoms with Gasteiger partial charge in [-0.15, -0.1) is 0 Å². The molecule has 1 aliphatic carbocycles.